The van der Waals surface area contributed by atoms with E-state index in [4.69, 9.17) is 10.2 Å². The molecule has 20 heavy (non-hydrogen) atoms. The largest absolute Gasteiger partial charge is 0.407 e. The Bertz CT molecular complexity index is 405. The molecule has 0 bridgehead atoms. The number of anilines is 1. The summed E-state index contributed by atoms with van der Waals surface area (Å²) in [5, 5.41) is 11.2. The Balaban J connectivity index is 2.57. The number of nitrogens with two attached hydrogens (primary N) is 1. The van der Waals surface area contributed by atoms with E-state index < -0.39 is 5.91 Å². The van der Waals surface area contributed by atoms with Crippen LogP contribution >= 0.6 is 0 Å². The molecule has 7 nitrogen and oxygen atoms in total. The summed E-state index contributed by atoms with van der Waals surface area (Å²) in [6.07, 6.45) is 1.96. The number of carbonyl (C=O) groups excluding carboxylic acids is 1. The first-order valence-corrected chi connectivity index (χ1v) is 7.09. The fourth-order valence-corrected chi connectivity index (χ4v) is 1.69. The fourth-order valence-electron chi connectivity index (χ4n) is 1.69. The molecule has 0 spiro atoms. The molecule has 1 rings (SSSR count). The molecule has 0 fully saturated rings. The molecule has 3 N–H and O–H groups in total. The topological polar surface area (TPSA) is 97.3 Å². The Hall–Kier alpha value is -1.63. The lowest BCUT2D eigenvalue weighted by molar-refractivity contribution is -0.116. The maximum atomic E-state index is 11.1. The average Bonchev–Trinajstić information content (AvgIpc) is 2.82. The third kappa shape index (κ3) is 6.01. The standard InChI is InChI=1S/C13H25N5O2/c1-4-5-6-18(9-11(14)19)13-17-16-12(20-13)8-15-7-10(2)3/h10,15H,4-9H2,1-3H3,(H2,14,19). The summed E-state index contributed by atoms with van der Waals surface area (Å²) < 4.78 is 5.56. The molecule has 114 valence electrons. The Kier molecular flexibility index (Phi) is 7.00. The molecule has 0 aliphatic heterocycles. The molecular weight excluding hydrogens is 258 g/mol. The lowest BCUT2D eigenvalue weighted by Gasteiger charge is -2.17. The van der Waals surface area contributed by atoms with Gasteiger partial charge in [-0.2, -0.15) is 0 Å². The van der Waals surface area contributed by atoms with E-state index in [0.29, 0.717) is 30.9 Å². The van der Waals surface area contributed by atoms with Crippen LogP contribution in [-0.4, -0.2) is 35.7 Å². The van der Waals surface area contributed by atoms with Crippen molar-refractivity contribution in [3.8, 4) is 0 Å². The van der Waals surface area contributed by atoms with Crippen molar-refractivity contribution in [1.82, 2.24) is 15.5 Å². The van der Waals surface area contributed by atoms with Gasteiger partial charge in [-0.15, -0.1) is 5.10 Å². The van der Waals surface area contributed by atoms with Gasteiger partial charge in [0.15, 0.2) is 0 Å². The Morgan fingerprint density at radius 2 is 2.20 bits per heavy atom. The highest BCUT2D eigenvalue weighted by atomic mass is 16.4. The lowest BCUT2D eigenvalue weighted by Crippen LogP contribution is -2.34. The highest BCUT2D eigenvalue weighted by Gasteiger charge is 2.16. The zero-order valence-electron chi connectivity index (χ0n) is 12.6. The van der Waals surface area contributed by atoms with E-state index >= 15 is 0 Å². The van der Waals surface area contributed by atoms with Crippen LogP contribution in [0.1, 0.15) is 39.5 Å². The molecule has 1 aromatic rings. The van der Waals surface area contributed by atoms with E-state index in [9.17, 15) is 4.79 Å². The summed E-state index contributed by atoms with van der Waals surface area (Å²) in [6.45, 7) is 8.54. The smallest absolute Gasteiger partial charge is 0.318 e. The predicted octanol–water partition coefficient (Wildman–Crippen LogP) is 0.907. The summed E-state index contributed by atoms with van der Waals surface area (Å²) >= 11 is 0. The number of hydrogen-bond acceptors (Lipinski definition) is 6. The second-order valence-electron chi connectivity index (χ2n) is 5.24. The fraction of sp³-hybridized carbons (Fsp3) is 0.769. The minimum absolute atomic E-state index is 0.0983. The molecule has 0 saturated carbocycles. The van der Waals surface area contributed by atoms with Crippen LogP contribution in [-0.2, 0) is 11.3 Å². The van der Waals surface area contributed by atoms with Crippen LogP contribution in [0.5, 0.6) is 0 Å². The molecule has 0 saturated heterocycles. The summed E-state index contributed by atoms with van der Waals surface area (Å²) in [5.74, 6) is 0.679. The second-order valence-corrected chi connectivity index (χ2v) is 5.24. The Morgan fingerprint density at radius 1 is 1.45 bits per heavy atom. The van der Waals surface area contributed by atoms with Gasteiger partial charge in [0.1, 0.15) is 6.54 Å². The molecule has 1 aromatic heterocycles. The monoisotopic (exact) mass is 283 g/mol. The number of rotatable bonds is 10. The summed E-state index contributed by atoms with van der Waals surface area (Å²) in [6, 6.07) is 0.360. The van der Waals surface area contributed by atoms with E-state index in [1.807, 2.05) is 0 Å². The van der Waals surface area contributed by atoms with Crippen LogP contribution in [0.2, 0.25) is 0 Å². The second kappa shape index (κ2) is 8.52. The minimum Gasteiger partial charge on any atom is -0.407 e. The Labute approximate surface area is 119 Å². The number of carbonyl (C=O) groups is 1. The summed E-state index contributed by atoms with van der Waals surface area (Å²) in [5.41, 5.74) is 5.24. The van der Waals surface area contributed by atoms with Crippen LogP contribution in [0.4, 0.5) is 6.01 Å². The van der Waals surface area contributed by atoms with Gasteiger partial charge in [0.05, 0.1) is 6.54 Å². The molecule has 1 amide bonds. The van der Waals surface area contributed by atoms with Crippen molar-refractivity contribution >= 4 is 11.9 Å². The van der Waals surface area contributed by atoms with Crippen molar-refractivity contribution in [3.63, 3.8) is 0 Å². The van der Waals surface area contributed by atoms with Crippen LogP contribution < -0.4 is 16.0 Å². The maximum Gasteiger partial charge on any atom is 0.318 e. The van der Waals surface area contributed by atoms with E-state index in [2.05, 4.69) is 36.3 Å². The van der Waals surface area contributed by atoms with Gasteiger partial charge in [-0.05, 0) is 18.9 Å². The normalized spacial score (nSPS) is 11.0. The number of nitrogens with one attached hydrogen (secondary N) is 1. The van der Waals surface area contributed by atoms with Crippen LogP contribution in [0.3, 0.4) is 0 Å². The maximum absolute atomic E-state index is 11.1. The van der Waals surface area contributed by atoms with E-state index in [-0.39, 0.29) is 6.54 Å². The third-order valence-electron chi connectivity index (χ3n) is 2.68. The van der Waals surface area contributed by atoms with Gasteiger partial charge in [-0.1, -0.05) is 32.3 Å². The molecule has 0 aliphatic carbocycles. The molecule has 0 atom stereocenters. The quantitative estimate of drug-likeness (QED) is 0.662. The zero-order valence-corrected chi connectivity index (χ0v) is 12.6. The first-order valence-electron chi connectivity index (χ1n) is 7.09. The molecule has 0 radical (unpaired) electrons. The number of nitrogens with zero attached hydrogens (tertiary/aromatic N) is 3. The lowest BCUT2D eigenvalue weighted by atomic mass is 10.2. The summed E-state index contributed by atoms with van der Waals surface area (Å²) in [4.78, 5) is 12.8. The van der Waals surface area contributed by atoms with Gasteiger partial charge in [0.25, 0.3) is 0 Å². The zero-order chi connectivity index (χ0) is 15.0. The van der Waals surface area contributed by atoms with Gasteiger partial charge in [-0.3, -0.25) is 4.79 Å². The van der Waals surface area contributed by atoms with Crippen LogP contribution in [0.25, 0.3) is 0 Å². The van der Waals surface area contributed by atoms with Crippen molar-refractivity contribution in [3.05, 3.63) is 5.89 Å². The van der Waals surface area contributed by atoms with E-state index in [0.717, 1.165) is 19.4 Å². The van der Waals surface area contributed by atoms with Gasteiger partial charge >= 0.3 is 6.01 Å². The van der Waals surface area contributed by atoms with Crippen LogP contribution in [0.15, 0.2) is 4.42 Å². The number of amides is 1. The van der Waals surface area contributed by atoms with Crippen molar-refractivity contribution < 1.29 is 9.21 Å². The van der Waals surface area contributed by atoms with Gasteiger partial charge in [0.2, 0.25) is 11.8 Å². The van der Waals surface area contributed by atoms with Crippen molar-refractivity contribution in [2.24, 2.45) is 11.7 Å². The third-order valence-corrected chi connectivity index (χ3v) is 2.68. The number of hydrogen-bond donors (Lipinski definition) is 2. The van der Waals surface area contributed by atoms with Crippen molar-refractivity contribution in [2.45, 2.75) is 40.2 Å². The van der Waals surface area contributed by atoms with Gasteiger partial charge in [-0.25, -0.2) is 0 Å². The molecule has 0 aliphatic rings. The molecular formula is C13H25N5O2. The SMILES string of the molecule is CCCCN(CC(N)=O)c1nnc(CNCC(C)C)o1. The van der Waals surface area contributed by atoms with Crippen LogP contribution in [0, 0.1) is 5.92 Å². The van der Waals surface area contributed by atoms with Crippen molar-refractivity contribution in [1.29, 1.82) is 0 Å². The highest BCUT2D eigenvalue weighted by Crippen LogP contribution is 2.12. The highest BCUT2D eigenvalue weighted by molar-refractivity contribution is 5.78. The Morgan fingerprint density at radius 3 is 2.80 bits per heavy atom. The number of aromatic nitrogens is 2. The first-order chi connectivity index (χ1) is 9.52. The summed E-state index contributed by atoms with van der Waals surface area (Å²) in [7, 11) is 0. The molecule has 1 heterocycles. The van der Waals surface area contributed by atoms with E-state index in [1.54, 1.807) is 4.90 Å². The van der Waals surface area contributed by atoms with E-state index in [1.165, 1.54) is 0 Å². The van der Waals surface area contributed by atoms with Gasteiger partial charge in [0, 0.05) is 6.54 Å². The molecule has 7 heteroatoms. The predicted molar refractivity (Wildman–Crippen MR) is 77.2 cm³/mol. The minimum atomic E-state index is -0.404. The molecule has 0 aromatic carbocycles. The van der Waals surface area contributed by atoms with Crippen molar-refractivity contribution in [2.75, 3.05) is 24.5 Å². The average molecular weight is 283 g/mol. The number of primary amides is 1. The van der Waals surface area contributed by atoms with Gasteiger partial charge < -0.3 is 20.4 Å². The first kappa shape index (κ1) is 16.4. The molecule has 0 unspecified atom stereocenters. The number of unbranched alkanes of at least 4 members (excludes halogenated alkanes) is 1.